The second-order valence-corrected chi connectivity index (χ2v) is 5.60. The fraction of sp³-hybridized carbons (Fsp3) is 0.278. The lowest BCUT2D eigenvalue weighted by atomic mass is 9.90. The minimum atomic E-state index is -0.212. The van der Waals surface area contributed by atoms with Crippen LogP contribution in [0.2, 0.25) is 0 Å². The summed E-state index contributed by atoms with van der Waals surface area (Å²) < 4.78 is 0. The summed E-state index contributed by atoms with van der Waals surface area (Å²) in [4.78, 5) is 13.8. The normalized spacial score (nSPS) is 21.4. The Labute approximate surface area is 125 Å². The van der Waals surface area contributed by atoms with E-state index in [0.29, 0.717) is 6.42 Å². The van der Waals surface area contributed by atoms with Gasteiger partial charge in [0.05, 0.1) is 6.04 Å². The first-order valence-electron chi connectivity index (χ1n) is 7.40. The Bertz CT molecular complexity index is 597. The van der Waals surface area contributed by atoms with Crippen molar-refractivity contribution in [3.8, 4) is 0 Å². The quantitative estimate of drug-likeness (QED) is 0.935. The van der Waals surface area contributed by atoms with E-state index < -0.39 is 0 Å². The summed E-state index contributed by atoms with van der Waals surface area (Å²) in [6.07, 6.45) is 1.44. The van der Waals surface area contributed by atoms with Crippen molar-refractivity contribution in [2.45, 2.75) is 18.9 Å². The number of rotatable bonds is 4. The molecule has 0 aromatic heterocycles. The molecular formula is C18H20N2O. The molecule has 21 heavy (non-hydrogen) atoms. The van der Waals surface area contributed by atoms with Crippen LogP contribution >= 0.6 is 0 Å². The van der Waals surface area contributed by atoms with Crippen LogP contribution in [0.25, 0.3) is 0 Å². The van der Waals surface area contributed by atoms with Gasteiger partial charge >= 0.3 is 0 Å². The van der Waals surface area contributed by atoms with Crippen LogP contribution in [0.4, 0.5) is 5.69 Å². The topological polar surface area (TPSA) is 46.3 Å². The molecule has 1 unspecified atom stereocenters. The van der Waals surface area contributed by atoms with E-state index in [1.165, 1.54) is 11.3 Å². The Balaban J connectivity index is 1.95. The maximum absolute atomic E-state index is 11.4. The van der Waals surface area contributed by atoms with Crippen LogP contribution in [0, 0.1) is 5.92 Å². The Kier molecular flexibility index (Phi) is 3.91. The van der Waals surface area contributed by atoms with Crippen molar-refractivity contribution in [1.29, 1.82) is 0 Å². The Morgan fingerprint density at radius 1 is 1.05 bits per heavy atom. The molecule has 1 fully saturated rings. The van der Waals surface area contributed by atoms with Gasteiger partial charge in [0.25, 0.3) is 0 Å². The van der Waals surface area contributed by atoms with Crippen LogP contribution < -0.4 is 10.6 Å². The number of carbonyl (C=O) groups excluding carboxylic acids is 1. The fourth-order valence-electron chi connectivity index (χ4n) is 3.34. The number of amides is 1. The first-order chi connectivity index (χ1) is 10.3. The molecule has 3 rings (SSSR count). The molecule has 1 heterocycles. The molecule has 1 amide bonds. The van der Waals surface area contributed by atoms with Crippen molar-refractivity contribution in [1.82, 2.24) is 0 Å². The Morgan fingerprint density at radius 3 is 2.29 bits per heavy atom. The van der Waals surface area contributed by atoms with Crippen LogP contribution in [0.15, 0.2) is 60.7 Å². The van der Waals surface area contributed by atoms with Gasteiger partial charge in [0.2, 0.25) is 5.91 Å². The molecule has 0 aliphatic carbocycles. The van der Waals surface area contributed by atoms with Gasteiger partial charge < -0.3 is 10.6 Å². The summed E-state index contributed by atoms with van der Waals surface area (Å²) in [5.74, 6) is 0.0703. The van der Waals surface area contributed by atoms with Gasteiger partial charge in [-0.05, 0) is 30.0 Å². The van der Waals surface area contributed by atoms with E-state index in [1.807, 2.05) is 12.1 Å². The highest BCUT2D eigenvalue weighted by Gasteiger charge is 2.35. The van der Waals surface area contributed by atoms with E-state index in [0.717, 1.165) is 13.0 Å². The molecule has 2 aromatic rings. The zero-order valence-corrected chi connectivity index (χ0v) is 12.0. The summed E-state index contributed by atoms with van der Waals surface area (Å²) in [7, 11) is 0. The lowest BCUT2D eigenvalue weighted by molar-refractivity contribution is -0.118. The van der Waals surface area contributed by atoms with Gasteiger partial charge in [-0.3, -0.25) is 4.79 Å². The van der Waals surface area contributed by atoms with Crippen molar-refractivity contribution in [3.05, 3.63) is 66.2 Å². The van der Waals surface area contributed by atoms with Gasteiger partial charge in [0, 0.05) is 18.7 Å². The molecule has 3 heteroatoms. The molecule has 108 valence electrons. The molecule has 3 nitrogen and oxygen atoms in total. The average Bonchev–Trinajstić information content (AvgIpc) is 2.92. The summed E-state index contributed by atoms with van der Waals surface area (Å²) in [5.41, 5.74) is 7.90. The highest BCUT2D eigenvalue weighted by Crippen LogP contribution is 2.41. The number of nitrogens with zero attached hydrogens (tertiary/aromatic N) is 1. The summed E-state index contributed by atoms with van der Waals surface area (Å²) >= 11 is 0. The molecule has 0 saturated carbocycles. The second kappa shape index (κ2) is 6.00. The van der Waals surface area contributed by atoms with E-state index >= 15 is 0 Å². The number of hydrogen-bond donors (Lipinski definition) is 1. The van der Waals surface area contributed by atoms with Crippen LogP contribution in [0.5, 0.6) is 0 Å². The van der Waals surface area contributed by atoms with Crippen molar-refractivity contribution in [2.24, 2.45) is 11.7 Å². The fourth-order valence-corrected chi connectivity index (χ4v) is 3.34. The van der Waals surface area contributed by atoms with Gasteiger partial charge in [-0.25, -0.2) is 0 Å². The van der Waals surface area contributed by atoms with E-state index in [2.05, 4.69) is 53.4 Å². The molecular weight excluding hydrogens is 260 g/mol. The van der Waals surface area contributed by atoms with Crippen LogP contribution in [-0.4, -0.2) is 12.5 Å². The molecule has 2 N–H and O–H groups in total. The third kappa shape index (κ3) is 2.92. The molecule has 0 bridgehead atoms. The first-order valence-corrected chi connectivity index (χ1v) is 7.40. The minimum absolute atomic E-state index is 0.212. The van der Waals surface area contributed by atoms with E-state index in [1.54, 1.807) is 0 Å². The highest BCUT2D eigenvalue weighted by atomic mass is 16.1. The molecule has 0 radical (unpaired) electrons. The van der Waals surface area contributed by atoms with E-state index in [9.17, 15) is 4.79 Å². The molecule has 2 atom stereocenters. The molecule has 1 aliphatic heterocycles. The van der Waals surface area contributed by atoms with E-state index in [-0.39, 0.29) is 17.9 Å². The third-order valence-electron chi connectivity index (χ3n) is 4.22. The summed E-state index contributed by atoms with van der Waals surface area (Å²) in [6, 6.07) is 21.0. The van der Waals surface area contributed by atoms with E-state index in [4.69, 9.17) is 5.73 Å². The molecule has 1 saturated heterocycles. The third-order valence-corrected chi connectivity index (χ3v) is 4.22. The number of nitrogens with two attached hydrogens (primary N) is 1. The number of carbonyl (C=O) groups is 1. The smallest absolute Gasteiger partial charge is 0.217 e. The molecule has 2 aromatic carbocycles. The predicted octanol–water partition coefficient (Wildman–Crippen LogP) is 3.13. The number of hydrogen-bond acceptors (Lipinski definition) is 2. The van der Waals surface area contributed by atoms with Crippen molar-refractivity contribution >= 4 is 11.6 Å². The lowest BCUT2D eigenvalue weighted by Gasteiger charge is -2.30. The maximum atomic E-state index is 11.4. The van der Waals surface area contributed by atoms with Crippen molar-refractivity contribution in [2.75, 3.05) is 11.4 Å². The zero-order chi connectivity index (χ0) is 14.7. The van der Waals surface area contributed by atoms with Gasteiger partial charge in [-0.2, -0.15) is 0 Å². The number of anilines is 1. The van der Waals surface area contributed by atoms with Crippen molar-refractivity contribution in [3.63, 3.8) is 0 Å². The number of primary amides is 1. The largest absolute Gasteiger partial charge is 0.370 e. The Hall–Kier alpha value is -2.29. The van der Waals surface area contributed by atoms with Gasteiger partial charge in [0.1, 0.15) is 0 Å². The predicted molar refractivity (Wildman–Crippen MR) is 84.9 cm³/mol. The minimum Gasteiger partial charge on any atom is -0.370 e. The van der Waals surface area contributed by atoms with Crippen molar-refractivity contribution < 1.29 is 4.79 Å². The maximum Gasteiger partial charge on any atom is 0.217 e. The average molecular weight is 280 g/mol. The Morgan fingerprint density at radius 2 is 1.67 bits per heavy atom. The molecule has 1 aliphatic rings. The first kappa shape index (κ1) is 13.7. The standard InChI is InChI=1S/C18H20N2O/c19-17(21)13-15-11-12-20(16-9-5-2-6-10-16)18(15)14-7-3-1-4-8-14/h1-10,15,18H,11-13H2,(H2,19,21)/t15-,18?/m0/s1. The van der Waals surface area contributed by atoms with Gasteiger partial charge in [0.15, 0.2) is 0 Å². The summed E-state index contributed by atoms with van der Waals surface area (Å²) in [5, 5.41) is 0. The van der Waals surface area contributed by atoms with Crippen LogP contribution in [-0.2, 0) is 4.79 Å². The van der Waals surface area contributed by atoms with Crippen LogP contribution in [0.1, 0.15) is 24.4 Å². The monoisotopic (exact) mass is 280 g/mol. The lowest BCUT2D eigenvalue weighted by Crippen LogP contribution is -2.27. The summed E-state index contributed by atoms with van der Waals surface area (Å²) in [6.45, 7) is 0.960. The SMILES string of the molecule is NC(=O)C[C@@H]1CCN(c2ccccc2)C1c1ccccc1. The van der Waals surface area contributed by atoms with Gasteiger partial charge in [-0.15, -0.1) is 0 Å². The molecule has 0 spiro atoms. The van der Waals surface area contributed by atoms with Crippen LogP contribution in [0.3, 0.4) is 0 Å². The second-order valence-electron chi connectivity index (χ2n) is 5.60. The number of para-hydroxylation sites is 1. The highest BCUT2D eigenvalue weighted by molar-refractivity contribution is 5.74. The zero-order valence-electron chi connectivity index (χ0n) is 12.0. The van der Waals surface area contributed by atoms with Gasteiger partial charge in [-0.1, -0.05) is 48.5 Å². The number of benzene rings is 2.